The minimum atomic E-state index is -0.0258. The van der Waals surface area contributed by atoms with Gasteiger partial charge < -0.3 is 15.0 Å². The molecule has 0 radical (unpaired) electrons. The first-order valence-electron chi connectivity index (χ1n) is 7.62. The number of hydrogen-bond acceptors (Lipinski definition) is 3. The molecule has 1 aromatic rings. The van der Waals surface area contributed by atoms with Crippen LogP contribution in [-0.4, -0.2) is 26.4 Å². The maximum Gasteiger partial charge on any atom is 0.133 e. The lowest BCUT2D eigenvalue weighted by Gasteiger charge is -2.44. The third-order valence-electron chi connectivity index (χ3n) is 5.23. The molecule has 1 fully saturated rings. The lowest BCUT2D eigenvalue weighted by molar-refractivity contribution is 0.0389. The van der Waals surface area contributed by atoms with Gasteiger partial charge in [0.05, 0.1) is 0 Å². The van der Waals surface area contributed by atoms with Crippen molar-refractivity contribution in [1.29, 1.82) is 0 Å². The molecule has 4 rings (SSSR count). The van der Waals surface area contributed by atoms with Crippen molar-refractivity contribution in [3.05, 3.63) is 29.1 Å². The smallest absolute Gasteiger partial charge is 0.133 e. The van der Waals surface area contributed by atoms with Crippen LogP contribution in [0.25, 0.3) is 0 Å². The second kappa shape index (κ2) is 4.71. The molecule has 3 atom stereocenters. The van der Waals surface area contributed by atoms with Gasteiger partial charge in [0.2, 0.25) is 0 Å². The van der Waals surface area contributed by atoms with Crippen molar-refractivity contribution in [3.8, 4) is 0 Å². The fourth-order valence-corrected chi connectivity index (χ4v) is 4.47. The molecule has 1 aliphatic carbocycles. The van der Waals surface area contributed by atoms with Crippen molar-refractivity contribution in [2.24, 2.45) is 5.92 Å². The van der Waals surface area contributed by atoms with Gasteiger partial charge in [-0.3, -0.25) is 0 Å². The molecule has 108 valence electrons. The molecule has 2 aliphatic heterocycles. The van der Waals surface area contributed by atoms with E-state index in [0.29, 0.717) is 11.8 Å². The molecule has 1 N–H and O–H groups in total. The van der Waals surface area contributed by atoms with Gasteiger partial charge in [0.15, 0.2) is 0 Å². The average Bonchev–Trinajstić information content (AvgIpc) is 2.83. The van der Waals surface area contributed by atoms with E-state index in [0.717, 1.165) is 43.7 Å². The SMILES string of the molecule is COC1C2CCCC2c2c(F)ccc3c2N1CCNC3. The highest BCUT2D eigenvalue weighted by atomic mass is 19.1. The maximum absolute atomic E-state index is 14.5. The fraction of sp³-hybridized carbons (Fsp3) is 0.625. The second-order valence-corrected chi connectivity index (χ2v) is 6.17. The largest absolute Gasteiger partial charge is 0.361 e. The molecule has 3 unspecified atom stereocenters. The predicted molar refractivity (Wildman–Crippen MR) is 76.3 cm³/mol. The summed E-state index contributed by atoms with van der Waals surface area (Å²) >= 11 is 0. The normalized spacial score (nSPS) is 31.7. The highest BCUT2D eigenvalue weighted by Gasteiger charge is 2.46. The Kier molecular flexibility index (Phi) is 2.97. The van der Waals surface area contributed by atoms with Crippen LogP contribution in [0.5, 0.6) is 0 Å². The van der Waals surface area contributed by atoms with Crippen molar-refractivity contribution in [3.63, 3.8) is 0 Å². The van der Waals surface area contributed by atoms with Gasteiger partial charge in [-0.25, -0.2) is 4.39 Å². The Labute approximate surface area is 119 Å². The zero-order chi connectivity index (χ0) is 13.7. The number of halogens is 1. The molecule has 1 saturated carbocycles. The van der Waals surface area contributed by atoms with Crippen LogP contribution in [0.4, 0.5) is 10.1 Å². The van der Waals surface area contributed by atoms with Gasteiger partial charge in [-0.2, -0.15) is 0 Å². The van der Waals surface area contributed by atoms with Gasteiger partial charge >= 0.3 is 0 Å². The number of methoxy groups -OCH3 is 1. The van der Waals surface area contributed by atoms with E-state index >= 15 is 0 Å². The zero-order valence-corrected chi connectivity index (χ0v) is 11.9. The Hall–Kier alpha value is -1.13. The summed E-state index contributed by atoms with van der Waals surface area (Å²) in [6, 6.07) is 3.59. The van der Waals surface area contributed by atoms with E-state index in [1.807, 2.05) is 6.07 Å². The molecule has 0 bridgehead atoms. The number of hydrogen-bond donors (Lipinski definition) is 1. The Morgan fingerprint density at radius 1 is 1.35 bits per heavy atom. The molecule has 20 heavy (non-hydrogen) atoms. The zero-order valence-electron chi connectivity index (χ0n) is 11.9. The number of fused-ring (bicyclic) bond motifs is 2. The van der Waals surface area contributed by atoms with Gasteiger partial charge in [0.1, 0.15) is 12.0 Å². The third-order valence-corrected chi connectivity index (χ3v) is 5.23. The van der Waals surface area contributed by atoms with Gasteiger partial charge in [-0.05, 0) is 30.4 Å². The lowest BCUT2D eigenvalue weighted by Crippen LogP contribution is -2.48. The molecular weight excluding hydrogens is 255 g/mol. The van der Waals surface area contributed by atoms with Crippen molar-refractivity contribution in [2.75, 3.05) is 25.1 Å². The monoisotopic (exact) mass is 276 g/mol. The Morgan fingerprint density at radius 3 is 3.10 bits per heavy atom. The van der Waals surface area contributed by atoms with Crippen LogP contribution in [0, 0.1) is 11.7 Å². The molecule has 0 spiro atoms. The van der Waals surface area contributed by atoms with E-state index in [9.17, 15) is 4.39 Å². The first kappa shape index (κ1) is 12.6. The quantitative estimate of drug-likeness (QED) is 0.853. The summed E-state index contributed by atoms with van der Waals surface area (Å²) < 4.78 is 20.3. The highest BCUT2D eigenvalue weighted by Crippen LogP contribution is 2.52. The Balaban J connectivity index is 1.94. The van der Waals surface area contributed by atoms with Gasteiger partial charge in [0.25, 0.3) is 0 Å². The molecular formula is C16H21FN2O. The number of anilines is 1. The number of nitrogens with zero attached hydrogens (tertiary/aromatic N) is 1. The summed E-state index contributed by atoms with van der Waals surface area (Å²) in [5.74, 6) is 0.752. The van der Waals surface area contributed by atoms with Crippen LogP contribution in [-0.2, 0) is 11.3 Å². The van der Waals surface area contributed by atoms with Crippen LogP contribution in [0.2, 0.25) is 0 Å². The summed E-state index contributed by atoms with van der Waals surface area (Å²) in [7, 11) is 1.79. The van der Waals surface area contributed by atoms with Crippen LogP contribution in [0.15, 0.2) is 12.1 Å². The number of nitrogens with one attached hydrogen (secondary N) is 1. The molecule has 1 aromatic carbocycles. The van der Waals surface area contributed by atoms with Crippen LogP contribution >= 0.6 is 0 Å². The average molecular weight is 276 g/mol. The van der Waals surface area contributed by atoms with Crippen molar-refractivity contribution >= 4 is 5.69 Å². The maximum atomic E-state index is 14.5. The molecule has 3 aliphatic rings. The van der Waals surface area contributed by atoms with E-state index in [4.69, 9.17) is 4.74 Å². The molecule has 3 nitrogen and oxygen atoms in total. The first-order valence-corrected chi connectivity index (χ1v) is 7.62. The summed E-state index contributed by atoms with van der Waals surface area (Å²) in [5.41, 5.74) is 3.29. The van der Waals surface area contributed by atoms with E-state index < -0.39 is 0 Å². The Bertz CT molecular complexity index is 533. The summed E-state index contributed by atoms with van der Waals surface area (Å²) in [6.07, 6.45) is 3.54. The summed E-state index contributed by atoms with van der Waals surface area (Å²) in [5, 5.41) is 3.43. The molecule has 4 heteroatoms. The van der Waals surface area contributed by atoms with Gasteiger partial charge in [-0.1, -0.05) is 12.5 Å². The van der Waals surface area contributed by atoms with Crippen molar-refractivity contribution in [2.45, 2.75) is 38.0 Å². The van der Waals surface area contributed by atoms with E-state index in [1.54, 1.807) is 13.2 Å². The summed E-state index contributed by atoms with van der Waals surface area (Å²) in [6.45, 7) is 2.64. The van der Waals surface area contributed by atoms with E-state index in [1.165, 1.54) is 12.0 Å². The van der Waals surface area contributed by atoms with Crippen LogP contribution in [0.1, 0.15) is 36.3 Å². The molecule has 2 heterocycles. The standard InChI is InChI=1S/C16H21FN2O/c1-20-16-12-4-2-3-11(12)14-13(17)6-5-10-9-18-7-8-19(16)15(10)14/h5-6,11-12,16,18H,2-4,7-9H2,1H3. The molecule has 0 amide bonds. The van der Waals surface area contributed by atoms with Crippen molar-refractivity contribution < 1.29 is 9.13 Å². The number of benzene rings is 1. The Morgan fingerprint density at radius 2 is 2.25 bits per heavy atom. The van der Waals surface area contributed by atoms with E-state index in [2.05, 4.69) is 10.2 Å². The minimum Gasteiger partial charge on any atom is -0.361 e. The first-order chi connectivity index (χ1) is 9.81. The topological polar surface area (TPSA) is 24.5 Å². The number of ether oxygens (including phenoxy) is 1. The van der Waals surface area contributed by atoms with Crippen LogP contribution < -0.4 is 10.2 Å². The highest BCUT2D eigenvalue weighted by molar-refractivity contribution is 5.65. The second-order valence-electron chi connectivity index (χ2n) is 6.17. The number of rotatable bonds is 1. The third kappa shape index (κ3) is 1.64. The fourth-order valence-electron chi connectivity index (χ4n) is 4.47. The minimum absolute atomic E-state index is 0.0258. The van der Waals surface area contributed by atoms with Gasteiger partial charge in [0, 0.05) is 43.9 Å². The summed E-state index contributed by atoms with van der Waals surface area (Å²) in [4.78, 5) is 2.31. The van der Waals surface area contributed by atoms with Crippen LogP contribution in [0.3, 0.4) is 0 Å². The lowest BCUT2D eigenvalue weighted by atomic mass is 9.80. The molecule has 0 aromatic heterocycles. The van der Waals surface area contributed by atoms with Gasteiger partial charge in [-0.15, -0.1) is 0 Å². The predicted octanol–water partition coefficient (Wildman–Crippen LogP) is 2.61. The van der Waals surface area contributed by atoms with E-state index in [-0.39, 0.29) is 12.0 Å². The van der Waals surface area contributed by atoms with Crippen molar-refractivity contribution in [1.82, 2.24) is 5.32 Å². The molecule has 0 saturated heterocycles.